The van der Waals surface area contributed by atoms with E-state index in [-0.39, 0.29) is 22.8 Å². The van der Waals surface area contributed by atoms with Crippen molar-refractivity contribution in [2.24, 2.45) is 0 Å². The van der Waals surface area contributed by atoms with Gasteiger partial charge in [-0.15, -0.1) is 0 Å². The molecule has 0 aliphatic carbocycles. The van der Waals surface area contributed by atoms with Crippen LogP contribution in [0.4, 0.5) is 23.2 Å². The second-order valence-electron chi connectivity index (χ2n) is 8.18. The predicted octanol–water partition coefficient (Wildman–Crippen LogP) is 3.48. The normalized spacial score (nSPS) is 22.2. The zero-order valence-corrected chi connectivity index (χ0v) is 18.1. The van der Waals surface area contributed by atoms with Crippen LogP contribution in [0.15, 0.2) is 36.5 Å². The highest BCUT2D eigenvalue weighted by molar-refractivity contribution is 7.93. The molecular formula is C20H20F4N4O3S. The van der Waals surface area contributed by atoms with Crippen LogP contribution >= 0.6 is 0 Å². The monoisotopic (exact) mass is 472 g/mol. The molecule has 1 atom stereocenters. The van der Waals surface area contributed by atoms with Gasteiger partial charge in [0.25, 0.3) is 5.91 Å². The summed E-state index contributed by atoms with van der Waals surface area (Å²) < 4.78 is 76.5. The molecule has 172 valence electrons. The van der Waals surface area contributed by atoms with E-state index in [0.29, 0.717) is 12.3 Å². The van der Waals surface area contributed by atoms with E-state index in [2.05, 4.69) is 15.6 Å². The molecule has 7 nitrogen and oxygen atoms in total. The Kier molecular flexibility index (Phi) is 5.57. The number of pyridine rings is 1. The third kappa shape index (κ3) is 4.18. The third-order valence-corrected chi connectivity index (χ3v) is 8.12. The van der Waals surface area contributed by atoms with Crippen molar-refractivity contribution in [3.63, 3.8) is 0 Å². The predicted molar refractivity (Wildman–Crippen MR) is 110 cm³/mol. The number of halogens is 4. The van der Waals surface area contributed by atoms with E-state index in [0.717, 1.165) is 12.1 Å². The molecular weight excluding hydrogens is 452 g/mol. The number of hydrogen-bond donors (Lipinski definition) is 3. The first-order valence-corrected chi connectivity index (χ1v) is 11.0. The molecule has 0 spiro atoms. The number of carbonyl (C=O) groups is 1. The van der Waals surface area contributed by atoms with Crippen LogP contribution < -0.4 is 10.6 Å². The van der Waals surface area contributed by atoms with Crippen LogP contribution in [-0.4, -0.2) is 35.6 Å². The third-order valence-electron chi connectivity index (χ3n) is 5.40. The number of nitrogens with zero attached hydrogens (tertiary/aromatic N) is 1. The molecule has 1 aliphatic heterocycles. The number of amides is 1. The van der Waals surface area contributed by atoms with Crippen molar-refractivity contribution in [1.82, 2.24) is 10.3 Å². The minimum atomic E-state index is -4.60. The van der Waals surface area contributed by atoms with Gasteiger partial charge in [-0.05, 0) is 51.1 Å². The summed E-state index contributed by atoms with van der Waals surface area (Å²) in [6.45, 7) is 4.18. The van der Waals surface area contributed by atoms with Crippen LogP contribution in [-0.2, 0) is 21.6 Å². The lowest BCUT2D eigenvalue weighted by Gasteiger charge is -2.43. The van der Waals surface area contributed by atoms with Crippen molar-refractivity contribution in [2.75, 3.05) is 11.1 Å². The number of aromatic nitrogens is 1. The van der Waals surface area contributed by atoms with Gasteiger partial charge < -0.3 is 10.6 Å². The Balaban J connectivity index is 1.89. The van der Waals surface area contributed by atoms with Gasteiger partial charge in [0.1, 0.15) is 22.1 Å². The quantitative estimate of drug-likeness (QED) is 0.593. The van der Waals surface area contributed by atoms with E-state index in [9.17, 15) is 30.8 Å². The van der Waals surface area contributed by atoms with E-state index < -0.39 is 49.3 Å². The maximum absolute atomic E-state index is 14.7. The Morgan fingerprint density at radius 1 is 1.19 bits per heavy atom. The Bertz CT molecular complexity index is 1190. The molecule has 3 rings (SSSR count). The first-order chi connectivity index (χ1) is 14.6. The van der Waals surface area contributed by atoms with E-state index in [1.54, 1.807) is 0 Å². The lowest BCUT2D eigenvalue weighted by atomic mass is 9.91. The van der Waals surface area contributed by atoms with Gasteiger partial charge in [0.15, 0.2) is 9.84 Å². The van der Waals surface area contributed by atoms with Crippen LogP contribution in [0, 0.1) is 11.2 Å². The standard InChI is InChI=1S/C20H20F4N4O3S/c1-18(2)17(25)28-19(3,10-32(18,30)31)13-8-12(5-6-14(13)21)27-16(29)15-7-4-11(9-26-15)20(22,23)24/h4-9H,10H2,1-3H3,(H2,25,28)(H,27,29)/t19-/m0/s1. The van der Waals surface area contributed by atoms with Gasteiger partial charge in [-0.25, -0.2) is 12.8 Å². The largest absolute Gasteiger partial charge is 0.417 e. The van der Waals surface area contributed by atoms with Crippen LogP contribution in [0.25, 0.3) is 0 Å². The average Bonchev–Trinajstić information content (AvgIpc) is 2.67. The average molecular weight is 472 g/mol. The molecule has 0 saturated carbocycles. The van der Waals surface area contributed by atoms with Crippen LogP contribution in [0.5, 0.6) is 0 Å². The van der Waals surface area contributed by atoms with Crippen LogP contribution in [0.2, 0.25) is 0 Å². The molecule has 1 amide bonds. The van der Waals surface area contributed by atoms with Crippen molar-refractivity contribution < 1.29 is 30.8 Å². The molecule has 32 heavy (non-hydrogen) atoms. The summed E-state index contributed by atoms with van der Waals surface area (Å²) in [7, 11) is -3.82. The summed E-state index contributed by atoms with van der Waals surface area (Å²) in [6.07, 6.45) is -4.07. The van der Waals surface area contributed by atoms with E-state index >= 15 is 0 Å². The second-order valence-corrected chi connectivity index (χ2v) is 10.7. The van der Waals surface area contributed by atoms with E-state index in [1.807, 2.05) is 0 Å². The van der Waals surface area contributed by atoms with Crippen molar-refractivity contribution in [3.8, 4) is 0 Å². The summed E-state index contributed by atoms with van der Waals surface area (Å²) in [5.74, 6) is -2.38. The lowest BCUT2D eigenvalue weighted by Crippen LogP contribution is -2.64. The number of rotatable bonds is 3. The van der Waals surface area contributed by atoms with Gasteiger partial charge in [0, 0.05) is 17.4 Å². The summed E-state index contributed by atoms with van der Waals surface area (Å²) in [6, 6.07) is 5.07. The van der Waals surface area contributed by atoms with Crippen molar-refractivity contribution in [1.29, 1.82) is 5.41 Å². The number of nitrogens with one attached hydrogen (secondary N) is 3. The Morgan fingerprint density at radius 2 is 1.84 bits per heavy atom. The summed E-state index contributed by atoms with van der Waals surface area (Å²) in [5, 5.41) is 13.3. The molecule has 2 aromatic rings. The molecule has 0 radical (unpaired) electrons. The molecule has 1 fully saturated rings. The van der Waals surface area contributed by atoms with Gasteiger partial charge in [0.05, 0.1) is 16.9 Å². The zero-order valence-electron chi connectivity index (χ0n) is 17.3. The molecule has 2 heterocycles. The minimum absolute atomic E-state index is 0.0740. The molecule has 1 aliphatic rings. The van der Waals surface area contributed by atoms with Gasteiger partial charge in [-0.3, -0.25) is 15.2 Å². The lowest BCUT2D eigenvalue weighted by molar-refractivity contribution is -0.137. The Morgan fingerprint density at radius 3 is 2.38 bits per heavy atom. The number of benzene rings is 1. The molecule has 0 bridgehead atoms. The van der Waals surface area contributed by atoms with Gasteiger partial charge >= 0.3 is 6.18 Å². The molecule has 12 heteroatoms. The van der Waals surface area contributed by atoms with Gasteiger partial charge in [0.2, 0.25) is 0 Å². The Hall–Kier alpha value is -3.02. The SMILES string of the molecule is CC1(C)C(=N)N[C@](C)(c2cc(NC(=O)c3ccc(C(F)(F)F)cn3)ccc2F)CS1(=O)=O. The van der Waals surface area contributed by atoms with Gasteiger partial charge in [-0.1, -0.05) is 0 Å². The zero-order chi connectivity index (χ0) is 24.1. The van der Waals surface area contributed by atoms with E-state index in [4.69, 9.17) is 5.41 Å². The van der Waals surface area contributed by atoms with Gasteiger partial charge in [-0.2, -0.15) is 13.2 Å². The Labute approximate surface area is 181 Å². The smallest absolute Gasteiger partial charge is 0.362 e. The molecule has 3 N–H and O–H groups in total. The topological polar surface area (TPSA) is 112 Å². The number of hydrogen-bond acceptors (Lipinski definition) is 5. The fourth-order valence-corrected chi connectivity index (χ4v) is 4.95. The highest BCUT2D eigenvalue weighted by Crippen LogP contribution is 2.36. The molecule has 1 aromatic heterocycles. The molecule has 1 aromatic carbocycles. The fraction of sp³-hybridized carbons (Fsp3) is 0.350. The number of sulfone groups is 1. The summed E-state index contributed by atoms with van der Waals surface area (Å²) in [4.78, 5) is 15.9. The maximum atomic E-state index is 14.7. The molecule has 0 unspecified atom stereocenters. The molecule has 1 saturated heterocycles. The van der Waals surface area contributed by atoms with Crippen molar-refractivity contribution >= 4 is 27.3 Å². The highest BCUT2D eigenvalue weighted by atomic mass is 32.2. The maximum Gasteiger partial charge on any atom is 0.417 e. The highest BCUT2D eigenvalue weighted by Gasteiger charge is 2.51. The number of anilines is 1. The second kappa shape index (κ2) is 7.54. The number of carbonyl (C=O) groups excluding carboxylic acids is 1. The van der Waals surface area contributed by atoms with Crippen molar-refractivity contribution in [3.05, 3.63) is 59.2 Å². The minimum Gasteiger partial charge on any atom is -0.362 e. The number of alkyl halides is 3. The fourth-order valence-electron chi connectivity index (χ4n) is 3.24. The van der Waals surface area contributed by atoms with Crippen LogP contribution in [0.1, 0.15) is 42.4 Å². The first-order valence-electron chi connectivity index (χ1n) is 9.31. The van der Waals surface area contributed by atoms with Crippen LogP contribution in [0.3, 0.4) is 0 Å². The number of amidine groups is 1. The van der Waals surface area contributed by atoms with Crippen molar-refractivity contribution in [2.45, 2.75) is 37.2 Å². The van der Waals surface area contributed by atoms with E-state index in [1.165, 1.54) is 32.9 Å². The first kappa shape index (κ1) is 23.6. The summed E-state index contributed by atoms with van der Waals surface area (Å²) >= 11 is 0. The summed E-state index contributed by atoms with van der Waals surface area (Å²) in [5.41, 5.74) is -2.81.